The maximum absolute atomic E-state index is 12.0. The molecule has 0 saturated heterocycles. The molecule has 5 nitrogen and oxygen atoms in total. The van der Waals surface area contributed by atoms with Crippen molar-refractivity contribution in [1.82, 2.24) is 14.4 Å². The third-order valence-corrected chi connectivity index (χ3v) is 11.4. The first kappa shape index (κ1) is 48.2. The minimum absolute atomic E-state index is 0. The third-order valence-electron chi connectivity index (χ3n) is 11.4. The Morgan fingerprint density at radius 1 is 0.477 bits per heavy atom. The van der Waals surface area contributed by atoms with E-state index in [0.717, 1.165) is 92.0 Å². The Morgan fingerprint density at radius 2 is 0.954 bits per heavy atom. The Kier molecular flexibility index (Phi) is 17.1. The summed E-state index contributed by atoms with van der Waals surface area (Å²) in [4.78, 5) is 4.58. The second-order valence-corrected chi connectivity index (χ2v) is 16.7. The van der Waals surface area contributed by atoms with Crippen LogP contribution in [0.2, 0.25) is 0 Å². The summed E-state index contributed by atoms with van der Waals surface area (Å²) in [5, 5.41) is 26.1. The molecule has 0 unspecified atom stereocenters. The molecule has 0 aliphatic rings. The van der Waals surface area contributed by atoms with Gasteiger partial charge in [0.15, 0.2) is 0 Å². The van der Waals surface area contributed by atoms with Crippen LogP contribution in [0.5, 0.6) is 11.5 Å². The number of phenolic OH excluding ortho intramolecular Hbond substituents is 2. The molecule has 8 aromatic carbocycles. The fourth-order valence-corrected chi connectivity index (χ4v) is 8.23. The van der Waals surface area contributed by atoms with E-state index in [4.69, 9.17) is 0 Å². The molecule has 0 radical (unpaired) electrons. The molecule has 2 N–H and O–H groups in total. The zero-order valence-electron chi connectivity index (χ0n) is 38.1. The van der Waals surface area contributed by atoms with Gasteiger partial charge in [-0.05, 0) is 92.0 Å². The molecule has 0 aliphatic carbocycles. The summed E-state index contributed by atoms with van der Waals surface area (Å²) in [6.45, 7) is 14.6. The second kappa shape index (κ2) is 23.1. The van der Waals surface area contributed by atoms with Gasteiger partial charge < -0.3 is 19.7 Å². The maximum atomic E-state index is 12.0. The Labute approximate surface area is 405 Å². The molecule has 0 spiro atoms. The number of hydrogen-bond donors (Lipinski definition) is 2. The smallest absolute Gasteiger partial charge is 0.507 e. The van der Waals surface area contributed by atoms with E-state index in [9.17, 15) is 10.2 Å². The van der Waals surface area contributed by atoms with Crippen molar-refractivity contribution in [2.45, 2.75) is 26.8 Å². The summed E-state index contributed by atoms with van der Waals surface area (Å²) >= 11 is 0. The van der Waals surface area contributed by atoms with E-state index in [0.29, 0.717) is 24.5 Å². The Balaban J connectivity index is 0.000000397. The Hall–Kier alpha value is -6.30. The van der Waals surface area contributed by atoms with Gasteiger partial charge in [0.25, 0.3) is 0 Å². The number of aromatic hydroxyl groups is 2. The van der Waals surface area contributed by atoms with Crippen molar-refractivity contribution < 1.29 is 36.4 Å². The van der Waals surface area contributed by atoms with Gasteiger partial charge in [-0.15, -0.1) is 24.3 Å². The minimum atomic E-state index is 0. The molecular formula is C59H59N3O2Zr+2. The molecule has 1 aromatic heterocycles. The molecule has 0 atom stereocenters. The maximum Gasteiger partial charge on any atom is 4.00 e. The Bertz CT molecular complexity index is 2820. The van der Waals surface area contributed by atoms with Crippen molar-refractivity contribution in [1.29, 1.82) is 0 Å². The molecule has 324 valence electrons. The van der Waals surface area contributed by atoms with Crippen LogP contribution in [0.3, 0.4) is 0 Å². The van der Waals surface area contributed by atoms with E-state index in [1.165, 1.54) is 10.8 Å². The van der Waals surface area contributed by atoms with E-state index in [1.54, 1.807) is 0 Å². The van der Waals surface area contributed by atoms with Gasteiger partial charge in [0.2, 0.25) is 0 Å². The van der Waals surface area contributed by atoms with Crippen LogP contribution in [-0.2, 0) is 39.2 Å². The first-order chi connectivity index (χ1) is 31.1. The van der Waals surface area contributed by atoms with Crippen molar-refractivity contribution >= 4 is 21.8 Å². The van der Waals surface area contributed by atoms with Crippen LogP contribution < -0.4 is 0 Å². The van der Waals surface area contributed by atoms with Crippen molar-refractivity contribution in [3.05, 3.63) is 235 Å². The first-order valence-corrected chi connectivity index (χ1v) is 22.0. The fraction of sp³-hybridized carbons (Fsp3) is 0.153. The van der Waals surface area contributed by atoms with Crippen LogP contribution in [-0.4, -0.2) is 58.3 Å². The quantitative estimate of drug-likeness (QED) is 0.127. The number of nitrogens with zero attached hydrogens (tertiary/aromatic N) is 3. The molecule has 0 fully saturated rings. The van der Waals surface area contributed by atoms with E-state index in [2.05, 4.69) is 159 Å². The number of rotatable bonds is 11. The Morgan fingerprint density at radius 3 is 1.49 bits per heavy atom. The van der Waals surface area contributed by atoms with Crippen LogP contribution in [0, 0.1) is 27.7 Å². The van der Waals surface area contributed by atoms with Crippen LogP contribution >= 0.6 is 0 Å². The molecule has 9 aromatic rings. The van der Waals surface area contributed by atoms with Crippen molar-refractivity contribution in [3.63, 3.8) is 0 Å². The molecule has 0 bridgehead atoms. The van der Waals surface area contributed by atoms with Crippen molar-refractivity contribution in [2.75, 3.05) is 33.7 Å². The fourth-order valence-electron chi connectivity index (χ4n) is 8.23. The molecule has 0 saturated carbocycles. The van der Waals surface area contributed by atoms with Crippen molar-refractivity contribution in [3.8, 4) is 39.4 Å². The number of aryl methyl sites for hydroxylation is 2. The summed E-state index contributed by atoms with van der Waals surface area (Å²) in [5.41, 5.74) is 13.2. The molecule has 1 heterocycles. The number of fused-ring (bicyclic) bond motifs is 3. The summed E-state index contributed by atoms with van der Waals surface area (Å²) in [5.74, 6) is 0.633. The molecule has 9 rings (SSSR count). The molecule has 6 heteroatoms. The molecule has 65 heavy (non-hydrogen) atoms. The van der Waals surface area contributed by atoms with Crippen LogP contribution in [0.25, 0.3) is 49.7 Å². The number of para-hydroxylation sites is 2. The van der Waals surface area contributed by atoms with Crippen LogP contribution in [0.4, 0.5) is 0 Å². The standard InChI is InChI=1S/C45H45N3O2.2C7H7.Zr/c1-31-26-34(44(49)40(28-31)37-17-9-8-16-36(37)33-14-6-5-7-15-33)22-23-47(25-24-46(3)4)30-35-27-32(2)29-43(45(35)50)48-41-20-12-10-18-38(41)39-19-11-13-21-42(39)48;2*1-7-5-3-2-4-6-7;/h5-21,26-29,49-50H,22-25,30H2,1-4H3;2*2-6H,1H2;/q;2*-1;+4. The average Bonchev–Trinajstić information content (AvgIpc) is 3.64. The minimum Gasteiger partial charge on any atom is -0.507 e. The molecule has 0 aliphatic heterocycles. The number of benzene rings is 8. The summed E-state index contributed by atoms with van der Waals surface area (Å²) in [6.07, 6.45) is 0.674. The number of likely N-dealkylation sites (N-methyl/N-ethyl adjacent to an activating group) is 1. The predicted molar refractivity (Wildman–Crippen MR) is 270 cm³/mol. The average molecular weight is 933 g/mol. The van der Waals surface area contributed by atoms with E-state index >= 15 is 0 Å². The number of hydrogen-bond acceptors (Lipinski definition) is 4. The van der Waals surface area contributed by atoms with Gasteiger partial charge in [-0.1, -0.05) is 115 Å². The van der Waals surface area contributed by atoms with E-state index in [1.807, 2.05) is 84.9 Å². The number of aromatic nitrogens is 1. The predicted octanol–water partition coefficient (Wildman–Crippen LogP) is 13.5. The van der Waals surface area contributed by atoms with Crippen LogP contribution in [0.15, 0.2) is 188 Å². The topological polar surface area (TPSA) is 51.9 Å². The largest absolute Gasteiger partial charge is 4.00 e. The summed E-state index contributed by atoms with van der Waals surface area (Å²) in [7, 11) is 4.18. The van der Waals surface area contributed by atoms with Gasteiger partial charge in [0.1, 0.15) is 11.5 Å². The second-order valence-electron chi connectivity index (χ2n) is 16.7. The molecule has 0 amide bonds. The van der Waals surface area contributed by atoms with Gasteiger partial charge in [-0.2, -0.15) is 49.2 Å². The zero-order chi connectivity index (χ0) is 45.0. The van der Waals surface area contributed by atoms with E-state index in [-0.39, 0.29) is 26.2 Å². The number of phenols is 2. The zero-order valence-corrected chi connectivity index (χ0v) is 40.5. The van der Waals surface area contributed by atoms with Gasteiger partial charge >= 0.3 is 26.2 Å². The summed E-state index contributed by atoms with van der Waals surface area (Å²) in [6, 6.07) is 63.6. The van der Waals surface area contributed by atoms with Gasteiger partial charge in [0, 0.05) is 48.1 Å². The molecular weight excluding hydrogens is 874 g/mol. The van der Waals surface area contributed by atoms with Gasteiger partial charge in [-0.3, -0.25) is 4.90 Å². The monoisotopic (exact) mass is 931 g/mol. The van der Waals surface area contributed by atoms with Gasteiger partial charge in [0.05, 0.1) is 16.7 Å². The normalized spacial score (nSPS) is 10.9. The van der Waals surface area contributed by atoms with Crippen molar-refractivity contribution in [2.24, 2.45) is 0 Å². The van der Waals surface area contributed by atoms with E-state index < -0.39 is 0 Å². The first-order valence-electron chi connectivity index (χ1n) is 22.0. The van der Waals surface area contributed by atoms with Crippen LogP contribution in [0.1, 0.15) is 33.4 Å². The third kappa shape index (κ3) is 12.3. The summed E-state index contributed by atoms with van der Waals surface area (Å²) < 4.78 is 2.19. The van der Waals surface area contributed by atoms with Gasteiger partial charge in [-0.25, -0.2) is 0 Å². The SMILES string of the molecule is Cc1cc(CCN(CCN(C)C)Cc2cc(C)cc(-n3c4ccccc4c4ccccc43)c2O)c(O)c(-c2ccccc2-c2ccccc2)c1.[CH2-]c1ccccc1.[CH2-]c1ccccc1.[Zr+4].